The highest BCUT2D eigenvalue weighted by Gasteiger charge is 2.40. The number of carbonyl (C=O) groups is 6. The normalized spacial score (nSPS) is 17.0. The molecule has 18 heteroatoms. The van der Waals surface area contributed by atoms with E-state index in [0.717, 1.165) is 12.1 Å². The van der Waals surface area contributed by atoms with Gasteiger partial charge in [-0.1, -0.05) is 84.9 Å². The van der Waals surface area contributed by atoms with Crippen LogP contribution in [-0.2, 0) is 31.9 Å². The molecule has 0 bridgehead atoms. The second kappa shape index (κ2) is 18.7. The highest BCUT2D eigenvalue weighted by molar-refractivity contribution is 6.11. The Morgan fingerprint density at radius 2 is 1.05 bits per heavy atom. The topological polar surface area (TPSA) is 202 Å². The molecule has 2 aliphatic heterocycles. The van der Waals surface area contributed by atoms with E-state index in [1.54, 1.807) is 108 Å². The molecule has 3 heterocycles. The Balaban J connectivity index is 1.09. The molecular weight excluding hydrogens is 860 g/mol. The third kappa shape index (κ3) is 9.47. The first kappa shape index (κ1) is 44.7. The molecule has 66 heavy (non-hydrogen) atoms. The number of hydrogen-bond acceptors (Lipinski definition) is 6. The lowest BCUT2D eigenvalue weighted by atomic mass is 10.0. The van der Waals surface area contributed by atoms with Crippen LogP contribution in [0, 0.1) is 0 Å². The fourth-order valence-corrected chi connectivity index (χ4v) is 8.95. The molecule has 2 unspecified atom stereocenters. The number of amides is 6. The van der Waals surface area contributed by atoms with Gasteiger partial charge in [0, 0.05) is 41.8 Å². The van der Waals surface area contributed by atoms with Gasteiger partial charge in [0.2, 0.25) is 11.8 Å². The molecule has 2 fully saturated rings. The second-order valence-electron chi connectivity index (χ2n) is 16.2. The number of anilines is 2. The number of alkyl halides is 3. The van der Waals surface area contributed by atoms with Crippen LogP contribution >= 0.6 is 0 Å². The van der Waals surface area contributed by atoms with Crippen molar-refractivity contribution in [3.05, 3.63) is 144 Å². The highest BCUT2D eigenvalue weighted by atomic mass is 19.4. The van der Waals surface area contributed by atoms with Gasteiger partial charge in [0.1, 0.15) is 24.2 Å². The van der Waals surface area contributed by atoms with Crippen LogP contribution in [0.3, 0.4) is 0 Å². The van der Waals surface area contributed by atoms with E-state index in [4.69, 9.17) is 0 Å². The summed E-state index contributed by atoms with van der Waals surface area (Å²) < 4.78 is 43.4. The van der Waals surface area contributed by atoms with E-state index in [9.17, 15) is 52.2 Å². The highest BCUT2D eigenvalue weighted by Crippen LogP contribution is 2.36. The summed E-state index contributed by atoms with van der Waals surface area (Å²) in [5.74, 6) is -2.19. The van der Waals surface area contributed by atoms with Gasteiger partial charge in [0.25, 0.3) is 11.8 Å². The molecule has 0 radical (unpaired) electrons. The quantitative estimate of drug-likeness (QED) is 0.0716. The monoisotopic (exact) mass is 903 g/mol. The van der Waals surface area contributed by atoms with E-state index in [2.05, 4.69) is 21.3 Å². The van der Waals surface area contributed by atoms with Crippen molar-refractivity contribution in [1.29, 1.82) is 0 Å². The van der Waals surface area contributed by atoms with Crippen molar-refractivity contribution >= 4 is 69.0 Å². The number of hydrogen-bond donors (Lipinski definition) is 6. The van der Waals surface area contributed by atoms with Crippen molar-refractivity contribution < 1.29 is 52.2 Å². The van der Waals surface area contributed by atoms with Crippen LogP contribution in [0.25, 0.3) is 21.8 Å². The molecule has 1 aromatic heterocycles. The van der Waals surface area contributed by atoms with Crippen molar-refractivity contribution in [2.24, 2.45) is 0 Å². The molecule has 6 aromatic rings. The van der Waals surface area contributed by atoms with Crippen LogP contribution in [0.2, 0.25) is 0 Å². The molecule has 340 valence electrons. The number of halogens is 3. The van der Waals surface area contributed by atoms with Gasteiger partial charge in [-0.25, -0.2) is 9.59 Å². The summed E-state index contributed by atoms with van der Waals surface area (Å²) in [4.78, 5) is 81.7. The van der Waals surface area contributed by atoms with Gasteiger partial charge >= 0.3 is 18.4 Å². The Labute approximate surface area is 375 Å². The third-order valence-corrected chi connectivity index (χ3v) is 12.0. The van der Waals surface area contributed by atoms with Crippen LogP contribution in [0.4, 0.5) is 34.1 Å². The summed E-state index contributed by atoms with van der Waals surface area (Å²) in [5, 5.41) is 30.8. The van der Waals surface area contributed by atoms with E-state index < -0.39 is 71.7 Å². The van der Waals surface area contributed by atoms with Gasteiger partial charge in [-0.2, -0.15) is 13.2 Å². The average Bonchev–Trinajstić information content (AvgIpc) is 4.06. The predicted molar refractivity (Wildman–Crippen MR) is 237 cm³/mol. The largest absolute Gasteiger partial charge is 0.465 e. The van der Waals surface area contributed by atoms with E-state index >= 15 is 0 Å². The number of aromatic nitrogens is 1. The third-order valence-electron chi connectivity index (χ3n) is 12.0. The zero-order valence-corrected chi connectivity index (χ0v) is 35.1. The molecular formula is C48H44F3N7O8. The number of nitrogens with zero attached hydrogens (tertiary/aromatic N) is 3. The van der Waals surface area contributed by atoms with E-state index in [1.165, 1.54) is 15.9 Å². The fraction of sp³-hybridized carbons (Fsp3) is 0.250. The van der Waals surface area contributed by atoms with Crippen LogP contribution < -0.4 is 21.3 Å². The average molecular weight is 904 g/mol. The number of carboxylic acid groups (broad SMARTS) is 2. The molecule has 0 saturated carbocycles. The summed E-state index contributed by atoms with van der Waals surface area (Å²) in [7, 11) is 0. The fourth-order valence-electron chi connectivity index (χ4n) is 8.95. The molecule has 4 atom stereocenters. The van der Waals surface area contributed by atoms with Crippen molar-refractivity contribution in [2.45, 2.75) is 62.6 Å². The Hall–Kier alpha value is -7.89. The minimum Gasteiger partial charge on any atom is -0.465 e. The lowest BCUT2D eigenvalue weighted by Crippen LogP contribution is -2.48. The number of rotatable bonds is 12. The molecule has 6 amide bonds. The summed E-state index contributed by atoms with van der Waals surface area (Å²) in [6, 6.07) is 27.4. The van der Waals surface area contributed by atoms with Gasteiger partial charge in [0.15, 0.2) is 0 Å². The van der Waals surface area contributed by atoms with Gasteiger partial charge in [-0.15, -0.1) is 0 Å². The minimum absolute atomic E-state index is 0.0522. The number of nitrogens with one attached hydrogen (secondary N) is 4. The molecule has 6 N–H and O–H groups in total. The Bertz CT molecular complexity index is 2680. The number of likely N-dealkylation sites (tertiary alicyclic amines) is 2. The first-order valence-corrected chi connectivity index (χ1v) is 21.2. The maximum absolute atomic E-state index is 14.0. The summed E-state index contributed by atoms with van der Waals surface area (Å²) >= 11 is 0. The van der Waals surface area contributed by atoms with Crippen LogP contribution in [0.15, 0.2) is 121 Å². The molecule has 2 aliphatic rings. The van der Waals surface area contributed by atoms with E-state index in [-0.39, 0.29) is 19.6 Å². The first-order valence-electron chi connectivity index (χ1n) is 21.2. The molecule has 5 aromatic carbocycles. The van der Waals surface area contributed by atoms with Gasteiger partial charge in [-0.3, -0.25) is 19.2 Å². The first-order chi connectivity index (χ1) is 31.7. The summed E-state index contributed by atoms with van der Waals surface area (Å²) in [6.45, 7) is 0.384. The zero-order valence-electron chi connectivity index (χ0n) is 35.1. The molecule has 2 saturated heterocycles. The minimum atomic E-state index is -4.60. The second-order valence-corrected chi connectivity index (χ2v) is 16.2. The zero-order chi connectivity index (χ0) is 46.7. The van der Waals surface area contributed by atoms with Gasteiger partial charge in [0.05, 0.1) is 16.6 Å². The van der Waals surface area contributed by atoms with Gasteiger partial charge < -0.3 is 45.8 Å². The molecule has 15 nitrogen and oxygen atoms in total. The molecule has 8 rings (SSSR count). The van der Waals surface area contributed by atoms with Crippen LogP contribution in [0.5, 0.6) is 0 Å². The van der Waals surface area contributed by atoms with Crippen molar-refractivity contribution in [3.8, 4) is 0 Å². The number of benzene rings is 5. The van der Waals surface area contributed by atoms with Crippen molar-refractivity contribution in [2.75, 3.05) is 23.7 Å². The maximum Gasteiger partial charge on any atom is 0.416 e. The van der Waals surface area contributed by atoms with E-state index in [0.29, 0.717) is 75.6 Å². The Kier molecular flexibility index (Phi) is 12.7. The Morgan fingerprint density at radius 1 is 0.591 bits per heavy atom. The summed E-state index contributed by atoms with van der Waals surface area (Å²) in [5.41, 5.74) is 2.02. The van der Waals surface area contributed by atoms with Crippen LogP contribution in [-0.4, -0.2) is 85.6 Å². The summed E-state index contributed by atoms with van der Waals surface area (Å²) in [6.07, 6.45) is -5.79. The van der Waals surface area contributed by atoms with E-state index in [1.807, 2.05) is 0 Å². The smallest absolute Gasteiger partial charge is 0.416 e. The van der Waals surface area contributed by atoms with Crippen molar-refractivity contribution in [1.82, 2.24) is 25.0 Å². The molecule has 0 spiro atoms. The lowest BCUT2D eigenvalue weighted by molar-refractivity contribution is -0.138. The number of carbonyl (C=O) groups excluding carboxylic acids is 4. The standard InChI is InChI=1S/C48H44F3N7O8/c49-48(50,51)31-15-7-10-28(24-31)27-58-38-25-32(52-42(59)36-16-8-22-56(36)44(61)40(54-46(63)64)29-11-3-1-4-12-29)18-20-34(38)35-21-19-33(26-39(35)58)53-43(60)37-17-9-23-57(37)45(62)41(55-47(65)66)30-13-5-2-6-14-30/h1-7,10-15,18-21,24-26,36-37,40-41,54-55H,8-9,16-17,22-23,27H2,(H,52,59)(H,53,60)(H,63,64)(H,65,66)/t36-,37-,40?,41?/m0/s1. The predicted octanol–water partition coefficient (Wildman–Crippen LogP) is 7.74. The SMILES string of the molecule is O=C(O)NC(C(=O)N1CCC[C@H]1C(=O)Nc1ccc2c3ccc(NC(=O)[C@@H]4CCCN4C(=O)C(NC(=O)O)c4ccccc4)cc3n(Cc3cccc(C(F)(F)F)c3)c2c1)c1ccccc1. The van der Waals surface area contributed by atoms with Crippen molar-refractivity contribution in [3.63, 3.8) is 0 Å². The lowest BCUT2D eigenvalue weighted by Gasteiger charge is -2.28. The number of fused-ring (bicyclic) bond motifs is 3. The maximum atomic E-state index is 14.0. The molecule has 0 aliphatic carbocycles. The Morgan fingerprint density at radius 3 is 1.47 bits per heavy atom. The van der Waals surface area contributed by atoms with Gasteiger partial charge in [-0.05, 0) is 78.8 Å². The van der Waals surface area contributed by atoms with Crippen LogP contribution in [0.1, 0.15) is 60.0 Å².